The first-order valence-electron chi connectivity index (χ1n) is 11.1. The van der Waals surface area contributed by atoms with Gasteiger partial charge in [-0.2, -0.15) is 0 Å². The van der Waals surface area contributed by atoms with Crippen molar-refractivity contribution < 1.29 is 19.1 Å². The number of carbonyl (C=O) groups is 2. The van der Waals surface area contributed by atoms with Crippen molar-refractivity contribution >= 4 is 22.7 Å². The minimum absolute atomic E-state index is 0.351. The molecule has 2 aromatic rings. The van der Waals surface area contributed by atoms with E-state index in [0.717, 1.165) is 47.6 Å². The predicted molar refractivity (Wildman–Crippen MR) is 125 cm³/mol. The van der Waals surface area contributed by atoms with E-state index in [0.29, 0.717) is 28.6 Å². The van der Waals surface area contributed by atoms with Crippen molar-refractivity contribution in [3.05, 3.63) is 59.7 Å². The van der Waals surface area contributed by atoms with E-state index >= 15 is 0 Å². The summed E-state index contributed by atoms with van der Waals surface area (Å²) in [5, 5.41) is 1.54. The molecule has 0 saturated heterocycles. The lowest BCUT2D eigenvalue weighted by atomic mass is 9.79. The van der Waals surface area contributed by atoms with Crippen LogP contribution >= 0.6 is 0 Å². The summed E-state index contributed by atoms with van der Waals surface area (Å²) in [4.78, 5) is 24.9. The van der Waals surface area contributed by atoms with E-state index in [9.17, 15) is 9.59 Å². The zero-order valence-electron chi connectivity index (χ0n) is 18.9. The third-order valence-electron chi connectivity index (χ3n) is 5.93. The Bertz CT molecular complexity index is 1030. The second-order valence-corrected chi connectivity index (χ2v) is 8.61. The first kappa shape index (κ1) is 22.8. The van der Waals surface area contributed by atoms with Gasteiger partial charge in [-0.25, -0.2) is 9.59 Å². The van der Waals surface area contributed by atoms with Crippen molar-refractivity contribution in [2.45, 2.75) is 65.7 Å². The Labute approximate surface area is 184 Å². The largest absolute Gasteiger partial charge is 0.422 e. The average molecular weight is 421 g/mol. The van der Waals surface area contributed by atoms with Crippen molar-refractivity contribution in [2.75, 3.05) is 0 Å². The number of carbonyl (C=O) groups excluding carboxylic acids is 2. The van der Waals surface area contributed by atoms with Gasteiger partial charge >= 0.3 is 11.9 Å². The maximum absolute atomic E-state index is 12.5. The molecule has 164 valence electrons. The molecule has 0 spiro atoms. The first-order chi connectivity index (χ1) is 14.8. The van der Waals surface area contributed by atoms with Gasteiger partial charge in [0.1, 0.15) is 11.5 Å². The van der Waals surface area contributed by atoms with Crippen LogP contribution in [0.5, 0.6) is 11.5 Å². The number of ether oxygens (including phenoxy) is 2. The van der Waals surface area contributed by atoms with Gasteiger partial charge in [0.2, 0.25) is 0 Å². The Morgan fingerprint density at radius 1 is 0.935 bits per heavy atom. The Morgan fingerprint density at radius 2 is 1.48 bits per heavy atom. The zero-order valence-corrected chi connectivity index (χ0v) is 18.9. The number of hydrogen-bond acceptors (Lipinski definition) is 4. The zero-order chi connectivity index (χ0) is 22.5. The molecule has 31 heavy (non-hydrogen) atoms. The minimum Gasteiger partial charge on any atom is -0.422 e. The standard InChI is InChI=1S/C27H32O4/c1-6-7-8-11-19-14-15-22-23(16-19)25(31-27(29)18(4)5)21-13-10-9-12-20(21)24(22)30-26(28)17(2)3/h9-10,12-13,19H,2,4,6-8,11,14-16H2,1,3,5H3. The number of esters is 2. The smallest absolute Gasteiger partial charge is 0.338 e. The summed E-state index contributed by atoms with van der Waals surface area (Å²) in [6.45, 7) is 12.9. The van der Waals surface area contributed by atoms with Crippen LogP contribution in [0.4, 0.5) is 0 Å². The molecular formula is C27H32O4. The van der Waals surface area contributed by atoms with Gasteiger partial charge in [-0.15, -0.1) is 0 Å². The lowest BCUT2D eigenvalue weighted by Gasteiger charge is -2.29. The molecule has 1 aliphatic rings. The summed E-state index contributed by atoms with van der Waals surface area (Å²) in [7, 11) is 0. The van der Waals surface area contributed by atoms with Crippen molar-refractivity contribution in [3.8, 4) is 11.5 Å². The number of benzene rings is 2. The molecule has 0 radical (unpaired) electrons. The van der Waals surface area contributed by atoms with Crippen molar-refractivity contribution in [2.24, 2.45) is 5.92 Å². The van der Waals surface area contributed by atoms with Gasteiger partial charge in [0, 0.05) is 33.0 Å². The first-order valence-corrected chi connectivity index (χ1v) is 11.1. The maximum atomic E-state index is 12.5. The summed E-state index contributed by atoms with van der Waals surface area (Å²) in [5.41, 5.74) is 2.64. The van der Waals surface area contributed by atoms with Gasteiger partial charge in [-0.3, -0.25) is 0 Å². The molecular weight excluding hydrogens is 388 g/mol. The van der Waals surface area contributed by atoms with Gasteiger partial charge in [0.15, 0.2) is 0 Å². The van der Waals surface area contributed by atoms with Crippen LogP contribution in [0.3, 0.4) is 0 Å². The third-order valence-corrected chi connectivity index (χ3v) is 5.93. The molecule has 2 aromatic carbocycles. The highest BCUT2D eigenvalue weighted by Crippen LogP contribution is 2.46. The van der Waals surface area contributed by atoms with Crippen LogP contribution in [-0.2, 0) is 22.4 Å². The molecule has 0 bridgehead atoms. The van der Waals surface area contributed by atoms with E-state index in [1.807, 2.05) is 24.3 Å². The summed E-state index contributed by atoms with van der Waals surface area (Å²) in [6.07, 6.45) is 7.38. The van der Waals surface area contributed by atoms with E-state index in [1.54, 1.807) is 13.8 Å². The van der Waals surface area contributed by atoms with Crippen molar-refractivity contribution in [1.82, 2.24) is 0 Å². The van der Waals surface area contributed by atoms with E-state index < -0.39 is 11.9 Å². The van der Waals surface area contributed by atoms with Crippen molar-refractivity contribution in [3.63, 3.8) is 0 Å². The van der Waals surface area contributed by atoms with Crippen LogP contribution in [0.2, 0.25) is 0 Å². The molecule has 1 atom stereocenters. The average Bonchev–Trinajstić information content (AvgIpc) is 2.75. The maximum Gasteiger partial charge on any atom is 0.338 e. The second kappa shape index (κ2) is 9.95. The second-order valence-electron chi connectivity index (χ2n) is 8.61. The Hall–Kier alpha value is -2.88. The van der Waals surface area contributed by atoms with Crippen LogP contribution < -0.4 is 9.47 Å². The molecule has 0 saturated carbocycles. The molecule has 0 aliphatic heterocycles. The predicted octanol–water partition coefficient (Wildman–Crippen LogP) is 6.49. The molecule has 0 aromatic heterocycles. The Morgan fingerprint density at radius 3 is 2.00 bits per heavy atom. The van der Waals surface area contributed by atoms with Gasteiger partial charge in [-0.1, -0.05) is 70.0 Å². The van der Waals surface area contributed by atoms with Crippen LogP contribution in [0, 0.1) is 5.92 Å². The lowest BCUT2D eigenvalue weighted by molar-refractivity contribution is -0.131. The van der Waals surface area contributed by atoms with E-state index in [1.165, 1.54) is 19.3 Å². The SMILES string of the molecule is C=C(C)C(=O)Oc1c2c(c(OC(=O)C(=C)C)c3ccccc13)CC(CCCCC)CC2. The molecule has 0 fully saturated rings. The summed E-state index contributed by atoms with van der Waals surface area (Å²) in [5.74, 6) is 0.790. The van der Waals surface area contributed by atoms with Crippen LogP contribution in [0.25, 0.3) is 10.8 Å². The monoisotopic (exact) mass is 420 g/mol. The summed E-state index contributed by atoms with van der Waals surface area (Å²) < 4.78 is 11.7. The highest BCUT2D eigenvalue weighted by atomic mass is 16.5. The highest BCUT2D eigenvalue weighted by Gasteiger charge is 2.29. The Balaban J connectivity index is 2.15. The van der Waals surface area contributed by atoms with Gasteiger partial charge in [0.25, 0.3) is 0 Å². The number of hydrogen-bond donors (Lipinski definition) is 0. The molecule has 1 aliphatic carbocycles. The number of fused-ring (bicyclic) bond motifs is 2. The molecule has 4 heteroatoms. The Kier molecular flexibility index (Phi) is 7.32. The van der Waals surface area contributed by atoms with E-state index in [4.69, 9.17) is 9.47 Å². The molecule has 0 amide bonds. The molecule has 0 heterocycles. The normalized spacial score (nSPS) is 15.3. The van der Waals surface area contributed by atoms with Gasteiger partial charge in [0.05, 0.1) is 0 Å². The fourth-order valence-corrected chi connectivity index (χ4v) is 4.22. The highest BCUT2D eigenvalue weighted by molar-refractivity contribution is 6.01. The number of unbranched alkanes of at least 4 members (excludes halogenated alkanes) is 2. The van der Waals surface area contributed by atoms with Crippen LogP contribution in [0.15, 0.2) is 48.6 Å². The van der Waals surface area contributed by atoms with Gasteiger partial charge < -0.3 is 9.47 Å². The topological polar surface area (TPSA) is 52.6 Å². The van der Waals surface area contributed by atoms with E-state index in [-0.39, 0.29) is 0 Å². The fraction of sp³-hybridized carbons (Fsp3) is 0.407. The molecule has 4 nitrogen and oxygen atoms in total. The third kappa shape index (κ3) is 5.07. The van der Waals surface area contributed by atoms with Crippen molar-refractivity contribution in [1.29, 1.82) is 0 Å². The van der Waals surface area contributed by atoms with Crippen LogP contribution in [0.1, 0.15) is 64.0 Å². The quantitative estimate of drug-likeness (QED) is 0.212. The summed E-state index contributed by atoms with van der Waals surface area (Å²) >= 11 is 0. The number of rotatable bonds is 8. The summed E-state index contributed by atoms with van der Waals surface area (Å²) in [6, 6.07) is 7.61. The minimum atomic E-state index is -0.441. The van der Waals surface area contributed by atoms with Crippen LogP contribution in [-0.4, -0.2) is 11.9 Å². The lowest BCUT2D eigenvalue weighted by Crippen LogP contribution is -2.20. The van der Waals surface area contributed by atoms with E-state index in [2.05, 4.69) is 20.1 Å². The molecule has 3 rings (SSSR count). The fourth-order valence-electron chi connectivity index (χ4n) is 4.22. The van der Waals surface area contributed by atoms with Gasteiger partial charge in [-0.05, 0) is 39.0 Å². The molecule has 1 unspecified atom stereocenters. The molecule has 0 N–H and O–H groups in total.